The number of carbonyl (C=O) groups excluding carboxylic acids is 3. The van der Waals surface area contributed by atoms with Crippen LogP contribution in [0.3, 0.4) is 0 Å². The molecule has 0 rings (SSSR count). The average Bonchev–Trinajstić information content (AvgIpc) is 3.46. The molecule has 0 aliphatic rings. The predicted octanol–water partition coefficient (Wildman–Crippen LogP) is 23.8. The molecule has 6 nitrogen and oxygen atoms in total. The summed E-state index contributed by atoms with van der Waals surface area (Å²) < 4.78 is 17.0. The number of hydrogen-bond acceptors (Lipinski definition) is 6. The second-order valence-corrected chi connectivity index (χ2v) is 23.1. The molecule has 0 aromatic rings. The Bertz CT molecular complexity index is 1520. The molecule has 1 unspecified atom stereocenters. The first kappa shape index (κ1) is 76.6. The van der Waals surface area contributed by atoms with Crippen LogP contribution in [0.25, 0.3) is 0 Å². The largest absolute Gasteiger partial charge is 0.462 e. The number of rotatable bonds is 63. The maximum Gasteiger partial charge on any atom is 0.306 e. The van der Waals surface area contributed by atoms with Crippen LogP contribution in [0, 0.1) is 0 Å². The Morgan fingerprint density at radius 1 is 0.263 bits per heavy atom. The summed E-state index contributed by atoms with van der Waals surface area (Å²) in [5.41, 5.74) is 0. The van der Waals surface area contributed by atoms with E-state index in [0.29, 0.717) is 19.3 Å². The van der Waals surface area contributed by atoms with E-state index >= 15 is 0 Å². The van der Waals surface area contributed by atoms with Crippen molar-refractivity contribution in [2.24, 2.45) is 0 Å². The first-order valence-corrected chi connectivity index (χ1v) is 34.6. The van der Waals surface area contributed by atoms with Crippen molar-refractivity contribution in [3.8, 4) is 0 Å². The summed E-state index contributed by atoms with van der Waals surface area (Å²) >= 11 is 0. The highest BCUT2D eigenvalue weighted by Gasteiger charge is 2.19. The lowest BCUT2D eigenvalue weighted by Gasteiger charge is -2.18. The van der Waals surface area contributed by atoms with E-state index < -0.39 is 6.10 Å². The maximum absolute atomic E-state index is 12.9. The molecule has 462 valence electrons. The van der Waals surface area contributed by atoms with Gasteiger partial charge < -0.3 is 14.2 Å². The van der Waals surface area contributed by atoms with E-state index in [4.69, 9.17) is 14.2 Å². The first-order valence-electron chi connectivity index (χ1n) is 34.6. The fraction of sp³-hybridized carbons (Fsp3) is 0.770. The van der Waals surface area contributed by atoms with E-state index in [0.717, 1.165) is 103 Å². The third-order valence-electron chi connectivity index (χ3n) is 15.1. The van der Waals surface area contributed by atoms with Crippen molar-refractivity contribution in [3.63, 3.8) is 0 Å². The Morgan fingerprint density at radius 2 is 0.487 bits per heavy atom. The van der Waals surface area contributed by atoms with Crippen molar-refractivity contribution in [2.45, 2.75) is 354 Å². The highest BCUT2D eigenvalue weighted by Crippen LogP contribution is 2.17. The second-order valence-electron chi connectivity index (χ2n) is 23.1. The normalized spacial score (nSPS) is 12.6. The molecule has 0 fully saturated rings. The van der Waals surface area contributed by atoms with Crippen LogP contribution in [-0.2, 0) is 28.6 Å². The highest BCUT2D eigenvalue weighted by atomic mass is 16.6. The van der Waals surface area contributed by atoms with Gasteiger partial charge in [-0.25, -0.2) is 0 Å². The fourth-order valence-electron chi connectivity index (χ4n) is 9.93. The third-order valence-corrected chi connectivity index (χ3v) is 15.1. The molecular weight excluding hydrogens is 985 g/mol. The predicted molar refractivity (Wildman–Crippen MR) is 348 cm³/mol. The Kier molecular flexibility index (Phi) is 65.2. The van der Waals surface area contributed by atoms with Crippen molar-refractivity contribution in [1.82, 2.24) is 0 Å². The van der Waals surface area contributed by atoms with Gasteiger partial charge in [-0.1, -0.05) is 298 Å². The summed E-state index contributed by atoms with van der Waals surface area (Å²) in [5, 5.41) is 0. The molecule has 6 heteroatoms. The molecule has 0 saturated carbocycles. The van der Waals surface area contributed by atoms with E-state index in [9.17, 15) is 14.4 Å². The molecule has 0 saturated heterocycles. The highest BCUT2D eigenvalue weighted by molar-refractivity contribution is 5.71. The fourth-order valence-corrected chi connectivity index (χ4v) is 9.93. The molecule has 0 heterocycles. The lowest BCUT2D eigenvalue weighted by Crippen LogP contribution is -2.30. The number of carbonyl (C=O) groups is 3. The molecule has 0 spiro atoms. The van der Waals surface area contributed by atoms with Gasteiger partial charge >= 0.3 is 17.9 Å². The molecule has 1 atom stereocenters. The van der Waals surface area contributed by atoms with Crippen LogP contribution in [0.2, 0.25) is 0 Å². The first-order chi connectivity index (χ1) is 39.5. The number of hydrogen-bond donors (Lipinski definition) is 0. The Morgan fingerprint density at radius 3 is 0.800 bits per heavy atom. The zero-order valence-corrected chi connectivity index (χ0v) is 53.1. The average molecular weight is 1120 g/mol. The van der Waals surface area contributed by atoms with Gasteiger partial charge in [-0.05, 0) is 116 Å². The topological polar surface area (TPSA) is 78.9 Å². The molecule has 0 bridgehead atoms. The quantitative estimate of drug-likeness (QED) is 0.0261. The van der Waals surface area contributed by atoms with Gasteiger partial charge in [0.25, 0.3) is 0 Å². The molecule has 0 aliphatic heterocycles. The Balaban J connectivity index is 4.27. The minimum Gasteiger partial charge on any atom is -0.462 e. The standard InChI is InChI=1S/C74H130O6/c1-4-7-10-13-16-19-22-25-28-31-32-33-34-35-36-37-38-39-40-41-42-44-46-49-52-55-58-61-64-67-73(76)79-70-71(69-78-72(75)66-63-60-57-54-51-48-45-30-27-24-21-18-15-12-9-6-3)80-74(77)68-65-62-59-56-53-50-47-43-29-26-23-20-17-14-11-8-5-2/h7,10,16-17,19-20,25-26,28-30,32-33,45,71H,4-6,8-9,11-15,18,21-24,27,31,34-44,46-70H2,1-3H3/b10-7-,19-16-,20-17-,28-25-,29-26-,33-32-,45-30-. The van der Waals surface area contributed by atoms with Gasteiger partial charge in [0.05, 0.1) is 0 Å². The van der Waals surface area contributed by atoms with Crippen molar-refractivity contribution >= 4 is 17.9 Å². The van der Waals surface area contributed by atoms with Gasteiger partial charge in [0, 0.05) is 19.3 Å². The van der Waals surface area contributed by atoms with Crippen molar-refractivity contribution in [3.05, 3.63) is 85.1 Å². The number of unbranched alkanes of at least 4 members (excludes halogenated alkanes) is 38. The van der Waals surface area contributed by atoms with E-state index in [1.54, 1.807) is 0 Å². The monoisotopic (exact) mass is 1110 g/mol. The number of ether oxygens (including phenoxy) is 3. The zero-order chi connectivity index (χ0) is 57.8. The summed E-state index contributed by atoms with van der Waals surface area (Å²) in [5.74, 6) is -0.878. The lowest BCUT2D eigenvalue weighted by atomic mass is 10.0. The van der Waals surface area contributed by atoms with E-state index in [-0.39, 0.29) is 31.1 Å². The van der Waals surface area contributed by atoms with Gasteiger partial charge in [0.1, 0.15) is 13.2 Å². The number of esters is 3. The summed E-state index contributed by atoms with van der Waals surface area (Å²) in [6.07, 6.45) is 90.3. The van der Waals surface area contributed by atoms with E-state index in [2.05, 4.69) is 106 Å². The van der Waals surface area contributed by atoms with Crippen LogP contribution in [0.1, 0.15) is 348 Å². The molecule has 0 N–H and O–H groups in total. The Hall–Kier alpha value is -3.41. The van der Waals surface area contributed by atoms with Gasteiger partial charge in [0.15, 0.2) is 6.10 Å². The maximum atomic E-state index is 12.9. The minimum absolute atomic E-state index is 0.0793. The molecule has 0 aromatic carbocycles. The van der Waals surface area contributed by atoms with Gasteiger partial charge in [-0.3, -0.25) is 14.4 Å². The van der Waals surface area contributed by atoms with Crippen LogP contribution in [-0.4, -0.2) is 37.2 Å². The van der Waals surface area contributed by atoms with Crippen LogP contribution in [0.5, 0.6) is 0 Å². The SMILES string of the molecule is CC/C=C\C/C=C\C/C=C\C/C=C\CCCCCCCCCCCCCCCCCCC(=O)OCC(COC(=O)CCCCCCC/C=C\CCCCCCCCC)OC(=O)CCCCCCCCC/C=C\C/C=C\CCCCC. The van der Waals surface area contributed by atoms with Crippen LogP contribution in [0.15, 0.2) is 85.1 Å². The van der Waals surface area contributed by atoms with E-state index in [1.807, 2.05) is 0 Å². The van der Waals surface area contributed by atoms with Gasteiger partial charge in [0.2, 0.25) is 0 Å². The zero-order valence-electron chi connectivity index (χ0n) is 53.1. The van der Waals surface area contributed by atoms with Gasteiger partial charge in [-0.15, -0.1) is 0 Å². The van der Waals surface area contributed by atoms with Crippen LogP contribution >= 0.6 is 0 Å². The van der Waals surface area contributed by atoms with Crippen molar-refractivity contribution in [1.29, 1.82) is 0 Å². The summed E-state index contributed by atoms with van der Waals surface area (Å²) in [6.45, 7) is 6.53. The summed E-state index contributed by atoms with van der Waals surface area (Å²) in [6, 6.07) is 0. The molecule has 0 aliphatic carbocycles. The lowest BCUT2D eigenvalue weighted by molar-refractivity contribution is -0.167. The summed E-state index contributed by atoms with van der Waals surface area (Å²) in [4.78, 5) is 38.4. The summed E-state index contributed by atoms with van der Waals surface area (Å²) in [7, 11) is 0. The Labute approximate surface area is 496 Å². The smallest absolute Gasteiger partial charge is 0.306 e. The molecule has 0 aromatic heterocycles. The molecular formula is C74H130O6. The second kappa shape index (κ2) is 68.1. The van der Waals surface area contributed by atoms with Crippen LogP contribution < -0.4 is 0 Å². The minimum atomic E-state index is -0.784. The van der Waals surface area contributed by atoms with E-state index in [1.165, 1.54) is 205 Å². The van der Waals surface area contributed by atoms with Crippen molar-refractivity contribution < 1.29 is 28.6 Å². The molecule has 0 amide bonds. The third kappa shape index (κ3) is 65.4. The number of allylic oxidation sites excluding steroid dienone is 14. The molecule has 80 heavy (non-hydrogen) atoms. The van der Waals surface area contributed by atoms with Gasteiger partial charge in [-0.2, -0.15) is 0 Å². The van der Waals surface area contributed by atoms with Crippen molar-refractivity contribution in [2.75, 3.05) is 13.2 Å². The molecule has 0 radical (unpaired) electrons. The van der Waals surface area contributed by atoms with Crippen LogP contribution in [0.4, 0.5) is 0 Å².